The molecule has 0 bridgehead atoms. The van der Waals surface area contributed by atoms with Crippen molar-refractivity contribution in [2.75, 3.05) is 11.9 Å². The molecule has 0 radical (unpaired) electrons. The van der Waals surface area contributed by atoms with Crippen LogP contribution in [-0.2, 0) is 4.79 Å². The van der Waals surface area contributed by atoms with E-state index in [-0.39, 0.29) is 18.4 Å². The number of amides is 1. The molecule has 0 aliphatic rings. The third kappa shape index (κ3) is 4.99. The van der Waals surface area contributed by atoms with Gasteiger partial charge in [-0.15, -0.1) is 0 Å². The van der Waals surface area contributed by atoms with Gasteiger partial charge in [0.1, 0.15) is 5.75 Å². The number of rotatable bonds is 6. The average Bonchev–Trinajstić information content (AvgIpc) is 2.55. The number of carbonyl (C=O) groups is 1. The van der Waals surface area contributed by atoms with Gasteiger partial charge in [-0.2, -0.15) is 0 Å². The molecule has 0 aliphatic carbocycles. The third-order valence-corrected chi connectivity index (χ3v) is 4.54. The second-order valence-electron chi connectivity index (χ2n) is 6.87. The second-order valence-corrected chi connectivity index (χ2v) is 7.28. The Labute approximate surface area is 155 Å². The Hall–Kier alpha value is -2.00. The van der Waals surface area contributed by atoms with Crippen LogP contribution in [0.4, 0.5) is 5.69 Å². The molecule has 0 fully saturated rings. The van der Waals surface area contributed by atoms with Crippen LogP contribution in [0.25, 0.3) is 0 Å². The predicted octanol–water partition coefficient (Wildman–Crippen LogP) is 5.91. The van der Waals surface area contributed by atoms with Gasteiger partial charge in [0, 0.05) is 10.7 Å². The van der Waals surface area contributed by atoms with E-state index in [0.717, 1.165) is 22.4 Å². The quantitative estimate of drug-likeness (QED) is 0.695. The molecule has 3 nitrogen and oxygen atoms in total. The molecule has 0 aromatic heterocycles. The number of anilines is 1. The molecule has 0 aliphatic heterocycles. The van der Waals surface area contributed by atoms with Crippen LogP contribution >= 0.6 is 11.6 Å². The first-order chi connectivity index (χ1) is 11.8. The molecule has 0 spiro atoms. The Morgan fingerprint density at radius 3 is 2.36 bits per heavy atom. The summed E-state index contributed by atoms with van der Waals surface area (Å²) in [6.07, 6.45) is 0. The molecular weight excluding hydrogens is 334 g/mol. The lowest BCUT2D eigenvalue weighted by atomic mass is 10.0. The van der Waals surface area contributed by atoms with E-state index in [0.29, 0.717) is 16.7 Å². The molecule has 134 valence electrons. The van der Waals surface area contributed by atoms with E-state index < -0.39 is 0 Å². The molecule has 0 saturated heterocycles. The summed E-state index contributed by atoms with van der Waals surface area (Å²) < 4.78 is 5.80. The smallest absolute Gasteiger partial charge is 0.262 e. The lowest BCUT2D eigenvalue weighted by Crippen LogP contribution is -2.21. The van der Waals surface area contributed by atoms with Crippen LogP contribution in [-0.4, -0.2) is 12.5 Å². The first-order valence-corrected chi connectivity index (χ1v) is 8.99. The predicted molar refractivity (Wildman–Crippen MR) is 105 cm³/mol. The standard InChI is InChI=1S/C21H26ClNO2/c1-13(2)16-8-6-7-9-19(16)23-21(24)12-25-20-10-15(5)18(22)11-17(20)14(3)4/h6-11,13-14H,12H2,1-5H3,(H,23,24). The minimum Gasteiger partial charge on any atom is -0.483 e. The fraction of sp³-hybridized carbons (Fsp3) is 0.381. The van der Waals surface area contributed by atoms with Gasteiger partial charge >= 0.3 is 0 Å². The zero-order chi connectivity index (χ0) is 18.6. The van der Waals surface area contributed by atoms with Crippen LogP contribution in [0.1, 0.15) is 56.2 Å². The molecule has 2 rings (SSSR count). The summed E-state index contributed by atoms with van der Waals surface area (Å²) in [6.45, 7) is 10.3. The maximum atomic E-state index is 12.3. The van der Waals surface area contributed by atoms with Gasteiger partial charge in [-0.1, -0.05) is 57.5 Å². The monoisotopic (exact) mass is 359 g/mol. The molecule has 2 aromatic carbocycles. The molecule has 0 heterocycles. The highest BCUT2D eigenvalue weighted by molar-refractivity contribution is 6.31. The van der Waals surface area contributed by atoms with Gasteiger partial charge in [0.05, 0.1) is 0 Å². The lowest BCUT2D eigenvalue weighted by molar-refractivity contribution is -0.118. The van der Waals surface area contributed by atoms with Crippen molar-refractivity contribution in [3.63, 3.8) is 0 Å². The number of para-hydroxylation sites is 1. The molecule has 1 N–H and O–H groups in total. The van der Waals surface area contributed by atoms with E-state index in [4.69, 9.17) is 16.3 Å². The molecule has 1 amide bonds. The number of carbonyl (C=O) groups excluding carboxylic acids is 1. The van der Waals surface area contributed by atoms with Crippen molar-refractivity contribution in [1.29, 1.82) is 0 Å². The van der Waals surface area contributed by atoms with Gasteiger partial charge in [-0.05, 0) is 53.6 Å². The fourth-order valence-electron chi connectivity index (χ4n) is 2.69. The number of hydrogen-bond donors (Lipinski definition) is 1. The summed E-state index contributed by atoms with van der Waals surface area (Å²) in [6, 6.07) is 11.7. The summed E-state index contributed by atoms with van der Waals surface area (Å²) in [4.78, 5) is 12.3. The second kappa shape index (κ2) is 8.39. The fourth-order valence-corrected chi connectivity index (χ4v) is 2.86. The minimum absolute atomic E-state index is 0.0345. The van der Waals surface area contributed by atoms with Crippen molar-refractivity contribution in [3.05, 3.63) is 58.1 Å². The van der Waals surface area contributed by atoms with Crippen molar-refractivity contribution >= 4 is 23.2 Å². The van der Waals surface area contributed by atoms with E-state index in [2.05, 4.69) is 33.0 Å². The normalized spacial score (nSPS) is 11.0. The van der Waals surface area contributed by atoms with Crippen LogP contribution in [0.15, 0.2) is 36.4 Å². The van der Waals surface area contributed by atoms with Crippen LogP contribution < -0.4 is 10.1 Å². The van der Waals surface area contributed by atoms with Crippen molar-refractivity contribution in [3.8, 4) is 5.75 Å². The lowest BCUT2D eigenvalue weighted by Gasteiger charge is -2.17. The van der Waals surface area contributed by atoms with E-state index in [1.165, 1.54) is 0 Å². The zero-order valence-electron chi connectivity index (χ0n) is 15.5. The Bertz CT molecular complexity index is 754. The third-order valence-electron chi connectivity index (χ3n) is 4.13. The van der Waals surface area contributed by atoms with E-state index in [9.17, 15) is 4.79 Å². The summed E-state index contributed by atoms with van der Waals surface area (Å²) >= 11 is 6.21. The van der Waals surface area contributed by atoms with E-state index in [1.807, 2.05) is 43.3 Å². The largest absolute Gasteiger partial charge is 0.483 e. The van der Waals surface area contributed by atoms with Gasteiger partial charge < -0.3 is 10.1 Å². The summed E-state index contributed by atoms with van der Waals surface area (Å²) in [5.41, 5.74) is 3.89. The highest BCUT2D eigenvalue weighted by Crippen LogP contribution is 2.32. The Balaban J connectivity index is 2.10. The summed E-state index contributed by atoms with van der Waals surface area (Å²) in [7, 11) is 0. The highest BCUT2D eigenvalue weighted by Gasteiger charge is 2.14. The van der Waals surface area contributed by atoms with Gasteiger partial charge in [0.25, 0.3) is 5.91 Å². The average molecular weight is 360 g/mol. The number of aryl methyl sites for hydroxylation is 1. The van der Waals surface area contributed by atoms with E-state index in [1.54, 1.807) is 0 Å². The van der Waals surface area contributed by atoms with E-state index >= 15 is 0 Å². The number of benzene rings is 2. The SMILES string of the molecule is Cc1cc(OCC(=O)Nc2ccccc2C(C)C)c(C(C)C)cc1Cl. The first-order valence-electron chi connectivity index (χ1n) is 8.61. The van der Waals surface area contributed by atoms with Gasteiger partial charge in [0.2, 0.25) is 0 Å². The van der Waals surface area contributed by atoms with Crippen molar-refractivity contribution in [1.82, 2.24) is 0 Å². The Morgan fingerprint density at radius 1 is 1.08 bits per heavy atom. The number of hydrogen-bond acceptors (Lipinski definition) is 2. The highest BCUT2D eigenvalue weighted by atomic mass is 35.5. The van der Waals surface area contributed by atoms with Gasteiger partial charge in [-0.3, -0.25) is 4.79 Å². The summed E-state index contributed by atoms with van der Waals surface area (Å²) in [5.74, 6) is 1.14. The zero-order valence-corrected chi connectivity index (χ0v) is 16.3. The molecule has 0 unspecified atom stereocenters. The Morgan fingerprint density at radius 2 is 1.72 bits per heavy atom. The minimum atomic E-state index is -0.171. The molecule has 2 aromatic rings. The van der Waals surface area contributed by atoms with Crippen LogP contribution in [0.5, 0.6) is 5.75 Å². The Kier molecular flexibility index (Phi) is 6.49. The first kappa shape index (κ1) is 19.3. The maximum absolute atomic E-state index is 12.3. The van der Waals surface area contributed by atoms with Gasteiger partial charge in [0.15, 0.2) is 6.61 Å². The van der Waals surface area contributed by atoms with Crippen LogP contribution in [0, 0.1) is 6.92 Å². The number of ether oxygens (including phenoxy) is 1. The number of nitrogens with one attached hydrogen (secondary N) is 1. The molecule has 0 atom stereocenters. The van der Waals surface area contributed by atoms with Crippen molar-refractivity contribution in [2.24, 2.45) is 0 Å². The van der Waals surface area contributed by atoms with Crippen LogP contribution in [0.2, 0.25) is 5.02 Å². The molecule has 25 heavy (non-hydrogen) atoms. The maximum Gasteiger partial charge on any atom is 0.262 e. The molecular formula is C21H26ClNO2. The van der Waals surface area contributed by atoms with Crippen LogP contribution in [0.3, 0.4) is 0 Å². The van der Waals surface area contributed by atoms with Crippen molar-refractivity contribution < 1.29 is 9.53 Å². The summed E-state index contributed by atoms with van der Waals surface area (Å²) in [5, 5.41) is 3.66. The van der Waals surface area contributed by atoms with Gasteiger partial charge in [-0.25, -0.2) is 0 Å². The molecule has 0 saturated carbocycles. The van der Waals surface area contributed by atoms with Crippen molar-refractivity contribution in [2.45, 2.75) is 46.5 Å². The topological polar surface area (TPSA) is 38.3 Å². The number of halogens is 1. The molecule has 4 heteroatoms.